The van der Waals surface area contributed by atoms with Crippen LogP contribution in [0.3, 0.4) is 0 Å². The average Bonchev–Trinajstić information content (AvgIpc) is 2.78. The van der Waals surface area contributed by atoms with E-state index in [1.807, 2.05) is 22.9 Å². The minimum absolute atomic E-state index is 0.397. The summed E-state index contributed by atoms with van der Waals surface area (Å²) in [6.07, 6.45) is 10.2. The number of halogens is 1. The standard InChI is InChI=1S/C14H18ClN3OS/c1-20(2,3)7-6-19-10-18-5-4-12-13(15)11(8-16)9-17-14(12)18/h4-5,9H,6-7,10H2,1-3H3. The van der Waals surface area contributed by atoms with Crippen LogP contribution in [0.25, 0.3) is 11.0 Å². The molecule has 2 rings (SSSR count). The van der Waals surface area contributed by atoms with E-state index < -0.39 is 10.0 Å². The zero-order chi connectivity index (χ0) is 14.8. The number of ether oxygens (including phenoxy) is 1. The summed E-state index contributed by atoms with van der Waals surface area (Å²) in [5, 5.41) is 10.2. The molecule has 108 valence electrons. The summed E-state index contributed by atoms with van der Waals surface area (Å²) in [4.78, 5) is 4.28. The minimum atomic E-state index is -0.530. The Morgan fingerprint density at radius 1 is 1.45 bits per heavy atom. The van der Waals surface area contributed by atoms with E-state index in [9.17, 15) is 0 Å². The third-order valence-corrected chi connectivity index (χ3v) is 4.71. The van der Waals surface area contributed by atoms with Crippen LogP contribution >= 0.6 is 21.6 Å². The zero-order valence-electron chi connectivity index (χ0n) is 11.9. The monoisotopic (exact) mass is 311 g/mol. The maximum Gasteiger partial charge on any atom is 0.143 e. The average molecular weight is 312 g/mol. The molecule has 0 N–H and O–H groups in total. The Labute approximate surface area is 125 Å². The van der Waals surface area contributed by atoms with E-state index in [2.05, 4.69) is 23.8 Å². The lowest BCUT2D eigenvalue weighted by Gasteiger charge is -2.24. The molecule has 0 atom stereocenters. The van der Waals surface area contributed by atoms with Gasteiger partial charge in [-0.1, -0.05) is 11.6 Å². The molecule has 0 radical (unpaired) electrons. The van der Waals surface area contributed by atoms with Crippen LogP contribution in [-0.2, 0) is 11.5 Å². The quantitative estimate of drug-likeness (QED) is 0.797. The first kappa shape index (κ1) is 15.2. The maximum absolute atomic E-state index is 8.93. The van der Waals surface area contributed by atoms with Gasteiger partial charge in [0, 0.05) is 23.5 Å². The fourth-order valence-corrected chi connectivity index (χ4v) is 2.62. The maximum atomic E-state index is 8.93. The molecule has 0 aliphatic heterocycles. The van der Waals surface area contributed by atoms with Crippen molar-refractivity contribution in [2.45, 2.75) is 6.73 Å². The Balaban J connectivity index is 2.09. The minimum Gasteiger partial charge on any atom is -0.360 e. The second kappa shape index (κ2) is 6.04. The van der Waals surface area contributed by atoms with Crippen molar-refractivity contribution in [2.24, 2.45) is 0 Å². The van der Waals surface area contributed by atoms with Gasteiger partial charge in [0.2, 0.25) is 0 Å². The lowest BCUT2D eigenvalue weighted by atomic mass is 10.2. The number of hydrogen-bond acceptors (Lipinski definition) is 3. The Kier molecular flexibility index (Phi) is 4.59. The van der Waals surface area contributed by atoms with Crippen molar-refractivity contribution in [3.63, 3.8) is 0 Å². The zero-order valence-corrected chi connectivity index (χ0v) is 13.5. The van der Waals surface area contributed by atoms with Gasteiger partial charge in [-0.25, -0.2) is 15.0 Å². The Morgan fingerprint density at radius 2 is 2.20 bits per heavy atom. The van der Waals surface area contributed by atoms with Gasteiger partial charge in [0.1, 0.15) is 18.4 Å². The van der Waals surface area contributed by atoms with Gasteiger partial charge in [-0.15, -0.1) is 0 Å². The number of hydrogen-bond donors (Lipinski definition) is 0. The lowest BCUT2D eigenvalue weighted by Crippen LogP contribution is -2.09. The van der Waals surface area contributed by atoms with Gasteiger partial charge >= 0.3 is 0 Å². The van der Waals surface area contributed by atoms with Gasteiger partial charge in [0.15, 0.2) is 0 Å². The molecule has 0 bridgehead atoms. The number of aromatic nitrogens is 2. The summed E-state index contributed by atoms with van der Waals surface area (Å²) in [7, 11) is -0.530. The van der Waals surface area contributed by atoms with Crippen LogP contribution in [0.4, 0.5) is 0 Å². The molecule has 0 aliphatic carbocycles. The predicted octanol–water partition coefficient (Wildman–Crippen LogP) is 3.23. The highest BCUT2D eigenvalue weighted by molar-refractivity contribution is 8.32. The van der Waals surface area contributed by atoms with Crippen LogP contribution in [0.15, 0.2) is 18.5 Å². The molecule has 4 nitrogen and oxygen atoms in total. The first-order chi connectivity index (χ1) is 9.42. The van der Waals surface area contributed by atoms with Gasteiger partial charge in [-0.3, -0.25) is 0 Å². The SMILES string of the molecule is CS(C)(C)CCOCn1ccc2c(Cl)c(C#N)cnc21. The van der Waals surface area contributed by atoms with Crippen LogP contribution < -0.4 is 0 Å². The van der Waals surface area contributed by atoms with Crippen LogP contribution in [0.5, 0.6) is 0 Å². The van der Waals surface area contributed by atoms with Crippen LogP contribution in [0.1, 0.15) is 5.56 Å². The van der Waals surface area contributed by atoms with Crippen LogP contribution in [-0.4, -0.2) is 40.7 Å². The molecule has 0 spiro atoms. The van der Waals surface area contributed by atoms with Gasteiger partial charge in [-0.05, 0) is 24.8 Å². The summed E-state index contributed by atoms with van der Waals surface area (Å²) in [6, 6.07) is 3.90. The number of nitriles is 1. The molecule has 0 saturated heterocycles. The fraction of sp³-hybridized carbons (Fsp3) is 0.429. The summed E-state index contributed by atoms with van der Waals surface area (Å²) in [5.74, 6) is 1.08. The summed E-state index contributed by atoms with van der Waals surface area (Å²) < 4.78 is 7.60. The van der Waals surface area contributed by atoms with E-state index in [0.29, 0.717) is 17.3 Å². The smallest absolute Gasteiger partial charge is 0.143 e. The molecule has 6 heteroatoms. The topological polar surface area (TPSA) is 50.8 Å². The molecule has 2 heterocycles. The molecule has 0 fully saturated rings. The molecule has 2 aromatic heterocycles. The number of pyridine rings is 1. The van der Waals surface area contributed by atoms with E-state index in [1.54, 1.807) is 0 Å². The van der Waals surface area contributed by atoms with Crippen molar-refractivity contribution in [3.05, 3.63) is 29.0 Å². The number of rotatable bonds is 5. The van der Waals surface area contributed by atoms with Crippen LogP contribution in [0.2, 0.25) is 5.02 Å². The first-order valence-electron chi connectivity index (χ1n) is 6.19. The number of fused-ring (bicyclic) bond motifs is 1. The molecular weight excluding hydrogens is 294 g/mol. The Morgan fingerprint density at radius 3 is 2.85 bits per heavy atom. The van der Waals surface area contributed by atoms with Crippen molar-refractivity contribution < 1.29 is 4.74 Å². The Hall–Kier alpha value is -1.22. The van der Waals surface area contributed by atoms with Gasteiger partial charge in [-0.2, -0.15) is 5.26 Å². The van der Waals surface area contributed by atoms with Gasteiger partial charge in [0.25, 0.3) is 0 Å². The van der Waals surface area contributed by atoms with Gasteiger partial charge in [0.05, 0.1) is 17.2 Å². The fourth-order valence-electron chi connectivity index (χ4n) is 1.76. The largest absolute Gasteiger partial charge is 0.360 e. The van der Waals surface area contributed by atoms with E-state index >= 15 is 0 Å². The van der Waals surface area contributed by atoms with E-state index in [1.165, 1.54) is 6.20 Å². The molecule has 0 saturated carbocycles. The van der Waals surface area contributed by atoms with Crippen molar-refractivity contribution >= 4 is 32.7 Å². The molecular formula is C14H18ClN3OS. The summed E-state index contributed by atoms with van der Waals surface area (Å²) in [6.45, 7) is 1.19. The normalized spacial score (nSPS) is 12.6. The highest BCUT2D eigenvalue weighted by atomic mass is 35.5. The van der Waals surface area contributed by atoms with E-state index in [-0.39, 0.29) is 0 Å². The highest BCUT2D eigenvalue weighted by Crippen LogP contribution is 2.33. The molecule has 0 amide bonds. The van der Waals surface area contributed by atoms with E-state index in [0.717, 1.165) is 23.4 Å². The Bertz CT molecular complexity index is 655. The van der Waals surface area contributed by atoms with Gasteiger partial charge < -0.3 is 9.30 Å². The third kappa shape index (κ3) is 3.45. The molecule has 2 aromatic rings. The lowest BCUT2D eigenvalue weighted by molar-refractivity contribution is 0.0924. The third-order valence-electron chi connectivity index (χ3n) is 2.91. The molecule has 0 unspecified atom stereocenters. The van der Waals surface area contributed by atoms with Crippen molar-refractivity contribution in [3.8, 4) is 6.07 Å². The molecule has 0 aliphatic rings. The van der Waals surface area contributed by atoms with Crippen molar-refractivity contribution in [1.82, 2.24) is 9.55 Å². The molecule has 0 aromatic carbocycles. The van der Waals surface area contributed by atoms with Crippen LogP contribution in [0, 0.1) is 11.3 Å². The van der Waals surface area contributed by atoms with Crippen molar-refractivity contribution in [1.29, 1.82) is 5.26 Å². The molecule has 20 heavy (non-hydrogen) atoms. The second-order valence-corrected chi connectivity index (χ2v) is 10.4. The first-order valence-corrected chi connectivity index (χ1v) is 9.60. The predicted molar refractivity (Wildman–Crippen MR) is 85.6 cm³/mol. The second-order valence-electron chi connectivity index (χ2n) is 5.45. The van der Waals surface area contributed by atoms with Crippen molar-refractivity contribution in [2.75, 3.05) is 31.1 Å². The van der Waals surface area contributed by atoms with E-state index in [4.69, 9.17) is 21.6 Å². The highest BCUT2D eigenvalue weighted by Gasteiger charge is 2.10. The summed E-state index contributed by atoms with van der Waals surface area (Å²) >= 11 is 6.16. The number of nitrogens with zero attached hydrogens (tertiary/aromatic N) is 3. The summed E-state index contributed by atoms with van der Waals surface area (Å²) in [5.41, 5.74) is 1.14.